The number of rotatable bonds is 6. The van der Waals surface area contributed by atoms with E-state index in [1.54, 1.807) is 0 Å². The topological polar surface area (TPSA) is 23.6 Å². The van der Waals surface area contributed by atoms with Crippen LogP contribution in [0.15, 0.2) is 0 Å². The van der Waals surface area contributed by atoms with Crippen molar-refractivity contribution in [3.63, 3.8) is 0 Å². The Hall–Kier alpha value is -0.220. The van der Waals surface area contributed by atoms with E-state index in [2.05, 4.69) is 32.6 Å². The minimum atomic E-state index is 0.209. The maximum Gasteiger partial charge on any atom is 0.235 e. The molecule has 0 N–H and O–H groups in total. The van der Waals surface area contributed by atoms with E-state index in [9.17, 15) is 4.79 Å². The average Bonchev–Trinajstić information content (AvgIpc) is 2.54. The highest BCUT2D eigenvalue weighted by atomic mass is 32.2. The van der Waals surface area contributed by atoms with Gasteiger partial charge in [0, 0.05) is 38.0 Å². The summed E-state index contributed by atoms with van der Waals surface area (Å²) in [6.07, 6.45) is 1.02. The lowest BCUT2D eigenvalue weighted by atomic mass is 10.2. The minimum absolute atomic E-state index is 0.209. The van der Waals surface area contributed by atoms with Crippen molar-refractivity contribution in [1.82, 2.24) is 9.80 Å². The zero-order valence-corrected chi connectivity index (χ0v) is 12.6. The van der Waals surface area contributed by atoms with Crippen LogP contribution in [-0.2, 0) is 4.79 Å². The molecular formula is C13H26N2OS. The lowest BCUT2D eigenvalue weighted by Crippen LogP contribution is -2.38. The molecule has 3 nitrogen and oxygen atoms in total. The number of hydrogen-bond donors (Lipinski definition) is 0. The van der Waals surface area contributed by atoms with Crippen LogP contribution >= 0.6 is 11.8 Å². The molecular weight excluding hydrogens is 232 g/mol. The largest absolute Gasteiger partial charge is 0.345 e. The van der Waals surface area contributed by atoms with Gasteiger partial charge in [-0.1, -0.05) is 0 Å². The summed E-state index contributed by atoms with van der Waals surface area (Å²) in [5.41, 5.74) is 0. The van der Waals surface area contributed by atoms with Crippen molar-refractivity contribution in [2.24, 2.45) is 0 Å². The standard InChI is InChI=1S/C13H26N2OS/c1-10(2)15(11(3)4)8-9-17-12-6-7-14(5)13(12)16/h10-12H,6-9H2,1-5H3/t12-/m0/s1. The van der Waals surface area contributed by atoms with Gasteiger partial charge in [-0.25, -0.2) is 0 Å². The van der Waals surface area contributed by atoms with Gasteiger partial charge in [-0.15, -0.1) is 11.8 Å². The molecule has 1 aliphatic heterocycles. The summed E-state index contributed by atoms with van der Waals surface area (Å²) in [4.78, 5) is 16.1. The molecule has 1 aliphatic rings. The van der Waals surface area contributed by atoms with E-state index >= 15 is 0 Å². The van der Waals surface area contributed by atoms with Crippen LogP contribution in [0.5, 0.6) is 0 Å². The molecule has 1 rings (SSSR count). The molecule has 1 heterocycles. The van der Waals surface area contributed by atoms with Gasteiger partial charge in [0.1, 0.15) is 0 Å². The van der Waals surface area contributed by atoms with E-state index < -0.39 is 0 Å². The van der Waals surface area contributed by atoms with Crippen molar-refractivity contribution < 1.29 is 4.79 Å². The Labute approximate surface area is 110 Å². The summed E-state index contributed by atoms with van der Waals surface area (Å²) in [7, 11) is 1.90. The Morgan fingerprint density at radius 2 is 1.94 bits per heavy atom. The Morgan fingerprint density at radius 1 is 1.35 bits per heavy atom. The number of hydrogen-bond acceptors (Lipinski definition) is 3. The predicted octanol–water partition coefficient (Wildman–Crippen LogP) is 2.07. The van der Waals surface area contributed by atoms with Crippen molar-refractivity contribution >= 4 is 17.7 Å². The molecule has 0 aliphatic carbocycles. The molecule has 100 valence electrons. The van der Waals surface area contributed by atoms with E-state index in [1.807, 2.05) is 23.7 Å². The lowest BCUT2D eigenvalue weighted by Gasteiger charge is -2.30. The second-order valence-corrected chi connectivity index (χ2v) is 6.64. The van der Waals surface area contributed by atoms with E-state index in [1.165, 1.54) is 0 Å². The van der Waals surface area contributed by atoms with Gasteiger partial charge in [-0.3, -0.25) is 9.69 Å². The third kappa shape index (κ3) is 4.18. The summed E-state index contributed by atoms with van der Waals surface area (Å²) in [5.74, 6) is 1.37. The third-order valence-corrected chi connectivity index (χ3v) is 4.63. The fourth-order valence-electron chi connectivity index (χ4n) is 2.36. The van der Waals surface area contributed by atoms with Crippen LogP contribution in [0.2, 0.25) is 0 Å². The summed E-state index contributed by atoms with van der Waals surface area (Å²) in [6, 6.07) is 1.16. The monoisotopic (exact) mass is 258 g/mol. The van der Waals surface area contributed by atoms with Gasteiger partial charge in [-0.2, -0.15) is 0 Å². The van der Waals surface area contributed by atoms with Crippen molar-refractivity contribution in [3.8, 4) is 0 Å². The first-order valence-corrected chi connectivity index (χ1v) is 7.60. The molecule has 0 aromatic rings. The van der Waals surface area contributed by atoms with Gasteiger partial charge in [0.2, 0.25) is 5.91 Å². The Balaban J connectivity index is 2.29. The van der Waals surface area contributed by atoms with E-state index in [0.29, 0.717) is 18.0 Å². The molecule has 1 saturated heterocycles. The average molecular weight is 258 g/mol. The molecule has 0 radical (unpaired) electrons. The van der Waals surface area contributed by atoms with Gasteiger partial charge in [-0.05, 0) is 34.1 Å². The van der Waals surface area contributed by atoms with Crippen LogP contribution in [-0.4, -0.2) is 58.9 Å². The first-order valence-electron chi connectivity index (χ1n) is 6.55. The zero-order chi connectivity index (χ0) is 13.0. The number of nitrogens with zero attached hydrogens (tertiary/aromatic N) is 2. The predicted molar refractivity (Wildman–Crippen MR) is 75.5 cm³/mol. The van der Waals surface area contributed by atoms with Gasteiger partial charge >= 0.3 is 0 Å². The second kappa shape index (κ2) is 6.64. The molecule has 0 unspecified atom stereocenters. The van der Waals surface area contributed by atoms with Crippen LogP contribution in [0.1, 0.15) is 34.1 Å². The number of carbonyl (C=O) groups is 1. The normalized spacial score (nSPS) is 21.3. The van der Waals surface area contributed by atoms with Crippen molar-refractivity contribution in [2.75, 3.05) is 25.9 Å². The molecule has 17 heavy (non-hydrogen) atoms. The van der Waals surface area contributed by atoms with Crippen molar-refractivity contribution in [3.05, 3.63) is 0 Å². The number of amides is 1. The number of likely N-dealkylation sites (tertiary alicyclic amines) is 1. The van der Waals surface area contributed by atoms with Crippen LogP contribution in [0.3, 0.4) is 0 Å². The second-order valence-electron chi connectivity index (χ2n) is 5.33. The summed E-state index contributed by atoms with van der Waals surface area (Å²) in [5, 5.41) is 0.209. The van der Waals surface area contributed by atoms with Crippen LogP contribution in [0.25, 0.3) is 0 Å². The number of carbonyl (C=O) groups excluding carboxylic acids is 1. The highest BCUT2D eigenvalue weighted by Crippen LogP contribution is 2.23. The van der Waals surface area contributed by atoms with E-state index in [-0.39, 0.29) is 5.25 Å². The highest BCUT2D eigenvalue weighted by molar-refractivity contribution is 8.00. The van der Waals surface area contributed by atoms with Gasteiger partial charge in [0.25, 0.3) is 0 Å². The van der Waals surface area contributed by atoms with E-state index in [4.69, 9.17) is 0 Å². The molecule has 0 aromatic carbocycles. The van der Waals surface area contributed by atoms with Crippen LogP contribution < -0.4 is 0 Å². The quantitative estimate of drug-likeness (QED) is 0.729. The van der Waals surface area contributed by atoms with Gasteiger partial charge in [0.05, 0.1) is 5.25 Å². The Morgan fingerprint density at radius 3 is 2.35 bits per heavy atom. The molecule has 0 saturated carbocycles. The smallest absolute Gasteiger partial charge is 0.235 e. The third-order valence-electron chi connectivity index (χ3n) is 3.37. The maximum atomic E-state index is 11.7. The fourth-order valence-corrected chi connectivity index (χ4v) is 3.55. The van der Waals surface area contributed by atoms with Crippen LogP contribution in [0, 0.1) is 0 Å². The SMILES string of the molecule is CC(C)N(CCS[C@H]1CCN(C)C1=O)C(C)C. The minimum Gasteiger partial charge on any atom is -0.345 e. The van der Waals surface area contributed by atoms with Gasteiger partial charge < -0.3 is 4.90 Å². The Kier molecular flexibility index (Phi) is 5.80. The molecule has 0 spiro atoms. The first-order chi connectivity index (χ1) is 7.93. The van der Waals surface area contributed by atoms with E-state index in [0.717, 1.165) is 25.3 Å². The molecule has 1 atom stereocenters. The molecule has 1 fully saturated rings. The summed E-state index contributed by atoms with van der Waals surface area (Å²) < 4.78 is 0. The molecule has 0 bridgehead atoms. The molecule has 4 heteroatoms. The zero-order valence-electron chi connectivity index (χ0n) is 11.8. The van der Waals surface area contributed by atoms with Crippen molar-refractivity contribution in [1.29, 1.82) is 0 Å². The molecule has 1 amide bonds. The van der Waals surface area contributed by atoms with Gasteiger partial charge in [0.15, 0.2) is 0 Å². The number of thioether (sulfide) groups is 1. The maximum absolute atomic E-state index is 11.7. The lowest BCUT2D eigenvalue weighted by molar-refractivity contribution is -0.126. The Bertz CT molecular complexity index is 248. The fraction of sp³-hybridized carbons (Fsp3) is 0.923. The summed E-state index contributed by atoms with van der Waals surface area (Å²) in [6.45, 7) is 10.9. The van der Waals surface area contributed by atoms with Crippen LogP contribution in [0.4, 0.5) is 0 Å². The summed E-state index contributed by atoms with van der Waals surface area (Å²) >= 11 is 1.83. The van der Waals surface area contributed by atoms with Crippen molar-refractivity contribution in [2.45, 2.75) is 51.4 Å². The highest BCUT2D eigenvalue weighted by Gasteiger charge is 2.29. The first kappa shape index (κ1) is 14.8. The molecule has 0 aromatic heterocycles.